The Morgan fingerprint density at radius 1 is 1.50 bits per heavy atom. The maximum Gasteiger partial charge on any atom is 0.190 e. The first-order valence-electron chi connectivity index (χ1n) is 3.18. The predicted octanol–water partition coefficient (Wildman–Crippen LogP) is 0.580. The summed E-state index contributed by atoms with van der Waals surface area (Å²) >= 11 is 0. The molecule has 10 heavy (non-hydrogen) atoms. The van der Waals surface area contributed by atoms with Gasteiger partial charge in [0.25, 0.3) is 0 Å². The van der Waals surface area contributed by atoms with Crippen LogP contribution in [0.4, 0.5) is 0 Å². The normalized spacial score (nSPS) is 15.3. The van der Waals surface area contributed by atoms with Gasteiger partial charge in [0.1, 0.15) is 6.10 Å². The van der Waals surface area contributed by atoms with E-state index in [1.165, 1.54) is 14.2 Å². The molecule has 0 aliphatic rings. The molecule has 0 aromatic carbocycles. The van der Waals surface area contributed by atoms with Crippen molar-refractivity contribution in [3.05, 3.63) is 6.92 Å². The number of rotatable bonds is 4. The number of methoxy groups -OCH3 is 2. The van der Waals surface area contributed by atoms with Crippen LogP contribution in [0.15, 0.2) is 0 Å². The average Bonchev–Trinajstić information content (AvgIpc) is 2.01. The fourth-order valence-electron chi connectivity index (χ4n) is 0.618. The van der Waals surface area contributed by atoms with Gasteiger partial charge in [-0.05, 0) is 13.3 Å². The topological polar surface area (TPSA) is 38.7 Å². The Morgan fingerprint density at radius 3 is 2.00 bits per heavy atom. The van der Waals surface area contributed by atoms with Gasteiger partial charge in [-0.1, -0.05) is 6.92 Å². The van der Waals surface area contributed by atoms with E-state index in [0.29, 0.717) is 6.42 Å². The Labute approximate surface area is 62.0 Å². The van der Waals surface area contributed by atoms with Gasteiger partial charge in [0.2, 0.25) is 0 Å². The molecule has 3 heteroatoms. The van der Waals surface area contributed by atoms with Crippen LogP contribution in [-0.4, -0.2) is 31.2 Å². The molecular weight excluding hydrogens is 132 g/mol. The van der Waals surface area contributed by atoms with E-state index >= 15 is 0 Å². The number of aliphatic hydroxyl groups excluding tert-OH is 1. The number of hydrogen-bond acceptors (Lipinski definition) is 3. The second kappa shape index (κ2) is 3.91. The largest absolute Gasteiger partial charge is 0.388 e. The van der Waals surface area contributed by atoms with Crippen LogP contribution in [0.2, 0.25) is 0 Å². The quantitative estimate of drug-likeness (QED) is 0.591. The molecule has 61 valence electrons. The summed E-state index contributed by atoms with van der Waals surface area (Å²) in [5.74, 6) is -0.915. The smallest absolute Gasteiger partial charge is 0.190 e. The molecule has 0 rings (SSSR count). The molecule has 1 N–H and O–H groups in total. The van der Waals surface area contributed by atoms with Crippen LogP contribution < -0.4 is 0 Å². The number of aliphatic hydroxyl groups is 1. The molecule has 0 bridgehead atoms. The lowest BCUT2D eigenvalue weighted by Crippen LogP contribution is -2.42. The van der Waals surface area contributed by atoms with Crippen molar-refractivity contribution < 1.29 is 14.6 Å². The van der Waals surface area contributed by atoms with Gasteiger partial charge in [0.05, 0.1) is 0 Å². The van der Waals surface area contributed by atoms with Crippen molar-refractivity contribution in [2.45, 2.75) is 25.2 Å². The molecule has 0 saturated heterocycles. The first-order chi connectivity index (χ1) is 4.60. The molecule has 3 nitrogen and oxygen atoms in total. The molecule has 0 aliphatic heterocycles. The van der Waals surface area contributed by atoms with Crippen LogP contribution in [0.1, 0.15) is 13.3 Å². The van der Waals surface area contributed by atoms with Crippen molar-refractivity contribution in [2.24, 2.45) is 0 Å². The summed E-state index contributed by atoms with van der Waals surface area (Å²) in [6.45, 7) is 5.21. The molecule has 1 unspecified atom stereocenters. The lowest BCUT2D eigenvalue weighted by atomic mass is 10.1. The molecule has 0 amide bonds. The second-order valence-corrected chi connectivity index (χ2v) is 2.23. The van der Waals surface area contributed by atoms with E-state index in [-0.39, 0.29) is 0 Å². The van der Waals surface area contributed by atoms with Crippen LogP contribution >= 0.6 is 0 Å². The Balaban J connectivity index is 4.02. The van der Waals surface area contributed by atoms with E-state index < -0.39 is 11.9 Å². The Bertz CT molecular complexity index is 88.9. The second-order valence-electron chi connectivity index (χ2n) is 2.23. The van der Waals surface area contributed by atoms with Gasteiger partial charge < -0.3 is 14.6 Å². The van der Waals surface area contributed by atoms with E-state index in [2.05, 4.69) is 6.92 Å². The van der Waals surface area contributed by atoms with Crippen molar-refractivity contribution in [3.63, 3.8) is 0 Å². The molecule has 0 aliphatic carbocycles. The fraction of sp³-hybridized carbons (Fsp3) is 0.857. The third-order valence-electron chi connectivity index (χ3n) is 1.69. The van der Waals surface area contributed by atoms with Gasteiger partial charge in [-0.2, -0.15) is 0 Å². The maximum absolute atomic E-state index is 9.26. The first kappa shape index (κ1) is 9.88. The van der Waals surface area contributed by atoms with Gasteiger partial charge in [0, 0.05) is 14.2 Å². The van der Waals surface area contributed by atoms with Crippen molar-refractivity contribution in [3.8, 4) is 0 Å². The standard InChI is InChI=1S/C7H15O3/c1-5-6(8)7(2,9-3)10-4/h6,8H,1,5H2,2-4H3. The zero-order valence-electron chi connectivity index (χ0n) is 6.76. The van der Waals surface area contributed by atoms with E-state index in [4.69, 9.17) is 9.47 Å². The molecule has 0 heterocycles. The van der Waals surface area contributed by atoms with Crippen LogP contribution in [0.25, 0.3) is 0 Å². The molecule has 0 aromatic heterocycles. The monoisotopic (exact) mass is 147 g/mol. The highest BCUT2D eigenvalue weighted by Gasteiger charge is 2.31. The maximum atomic E-state index is 9.26. The van der Waals surface area contributed by atoms with Gasteiger partial charge in [0.15, 0.2) is 5.79 Å². The SMILES string of the molecule is [CH2]CC(O)C(C)(OC)OC. The molecule has 0 fully saturated rings. The lowest BCUT2D eigenvalue weighted by molar-refractivity contribution is -0.246. The highest BCUT2D eigenvalue weighted by atomic mass is 16.7. The minimum absolute atomic E-state index is 0.373. The molecule has 1 atom stereocenters. The third-order valence-corrected chi connectivity index (χ3v) is 1.69. The Kier molecular flexibility index (Phi) is 3.86. The Hall–Kier alpha value is -0.120. The van der Waals surface area contributed by atoms with Gasteiger partial charge in [-0.25, -0.2) is 0 Å². The van der Waals surface area contributed by atoms with Gasteiger partial charge in [-0.15, -0.1) is 0 Å². The molecule has 0 saturated carbocycles. The van der Waals surface area contributed by atoms with E-state index in [1.54, 1.807) is 6.92 Å². The molecule has 0 spiro atoms. The van der Waals surface area contributed by atoms with Crippen molar-refractivity contribution in [1.82, 2.24) is 0 Å². The van der Waals surface area contributed by atoms with Crippen LogP contribution in [-0.2, 0) is 9.47 Å². The lowest BCUT2D eigenvalue weighted by Gasteiger charge is -2.30. The highest BCUT2D eigenvalue weighted by Crippen LogP contribution is 2.17. The average molecular weight is 147 g/mol. The van der Waals surface area contributed by atoms with Crippen molar-refractivity contribution >= 4 is 0 Å². The highest BCUT2D eigenvalue weighted by molar-refractivity contribution is 4.73. The zero-order chi connectivity index (χ0) is 8.20. The van der Waals surface area contributed by atoms with Gasteiger partial charge in [-0.3, -0.25) is 0 Å². The summed E-state index contributed by atoms with van der Waals surface area (Å²) in [4.78, 5) is 0. The fourth-order valence-corrected chi connectivity index (χ4v) is 0.618. The third kappa shape index (κ3) is 1.94. The van der Waals surface area contributed by atoms with Crippen molar-refractivity contribution in [1.29, 1.82) is 0 Å². The van der Waals surface area contributed by atoms with Crippen LogP contribution in [0.3, 0.4) is 0 Å². The van der Waals surface area contributed by atoms with Gasteiger partial charge >= 0.3 is 0 Å². The summed E-state index contributed by atoms with van der Waals surface area (Å²) < 4.78 is 9.85. The molecule has 1 radical (unpaired) electrons. The summed E-state index contributed by atoms with van der Waals surface area (Å²) in [5, 5.41) is 9.26. The van der Waals surface area contributed by atoms with Crippen molar-refractivity contribution in [2.75, 3.05) is 14.2 Å². The molecule has 0 aromatic rings. The molecular formula is C7H15O3. The summed E-state index contributed by atoms with van der Waals surface area (Å²) in [7, 11) is 2.98. The summed E-state index contributed by atoms with van der Waals surface area (Å²) in [5.41, 5.74) is 0. The minimum Gasteiger partial charge on any atom is -0.388 e. The Morgan fingerprint density at radius 2 is 1.90 bits per heavy atom. The van der Waals surface area contributed by atoms with E-state index in [0.717, 1.165) is 0 Å². The van der Waals surface area contributed by atoms with E-state index in [9.17, 15) is 5.11 Å². The predicted molar refractivity (Wildman–Crippen MR) is 38.4 cm³/mol. The number of ether oxygens (including phenoxy) is 2. The summed E-state index contributed by atoms with van der Waals surface area (Å²) in [6, 6.07) is 0. The minimum atomic E-state index is -0.915. The zero-order valence-corrected chi connectivity index (χ0v) is 6.76. The van der Waals surface area contributed by atoms with Crippen LogP contribution in [0.5, 0.6) is 0 Å². The van der Waals surface area contributed by atoms with Crippen LogP contribution in [0, 0.1) is 6.92 Å². The summed E-state index contributed by atoms with van der Waals surface area (Å²) in [6.07, 6.45) is -0.305. The van der Waals surface area contributed by atoms with E-state index in [1.807, 2.05) is 0 Å². The first-order valence-corrected chi connectivity index (χ1v) is 3.18. The number of hydrogen-bond donors (Lipinski definition) is 1.